The Hall–Kier alpha value is -1.49. The Kier molecular flexibility index (Phi) is 3.11. The maximum Gasteiger partial charge on any atom is 0.195 e. The molecule has 0 fully saturated rings. The van der Waals surface area contributed by atoms with Gasteiger partial charge < -0.3 is 0 Å². The maximum absolute atomic E-state index is 13.1. The first-order valence-corrected chi connectivity index (χ1v) is 5.85. The van der Waals surface area contributed by atoms with Gasteiger partial charge in [-0.25, -0.2) is 4.39 Å². The van der Waals surface area contributed by atoms with Crippen molar-refractivity contribution >= 4 is 12.2 Å². The summed E-state index contributed by atoms with van der Waals surface area (Å²) in [7, 11) is 0. The summed E-state index contributed by atoms with van der Waals surface area (Å²) in [6.45, 7) is 5.93. The van der Waals surface area contributed by atoms with Crippen LogP contribution in [0.1, 0.15) is 25.5 Å². The molecule has 0 bridgehead atoms. The molecule has 0 saturated carbocycles. The third-order valence-corrected chi connectivity index (χ3v) is 2.94. The molecule has 0 unspecified atom stereocenters. The molecule has 0 aliphatic heterocycles. The van der Waals surface area contributed by atoms with Gasteiger partial charge in [0.2, 0.25) is 0 Å². The van der Waals surface area contributed by atoms with Gasteiger partial charge in [-0.15, -0.1) is 0 Å². The van der Waals surface area contributed by atoms with Gasteiger partial charge in [-0.05, 0) is 56.8 Å². The van der Waals surface area contributed by atoms with Gasteiger partial charge in [0, 0.05) is 11.6 Å². The maximum atomic E-state index is 13.1. The molecule has 0 spiro atoms. The van der Waals surface area contributed by atoms with Crippen molar-refractivity contribution in [3.8, 4) is 11.4 Å². The highest BCUT2D eigenvalue weighted by Crippen LogP contribution is 2.24. The van der Waals surface area contributed by atoms with Crippen molar-refractivity contribution in [2.45, 2.75) is 26.8 Å². The van der Waals surface area contributed by atoms with Gasteiger partial charge in [-0.3, -0.25) is 9.67 Å². The molecule has 0 radical (unpaired) electrons. The third-order valence-electron chi connectivity index (χ3n) is 2.65. The molecule has 1 N–H and O–H groups in total. The number of aromatic amines is 1. The number of hydrogen-bond donors (Lipinski definition) is 1. The number of H-pyrrole nitrogens is 1. The smallest absolute Gasteiger partial charge is 0.195 e. The zero-order valence-corrected chi connectivity index (χ0v) is 10.8. The summed E-state index contributed by atoms with van der Waals surface area (Å²) in [5, 5.41) is 7.00. The zero-order valence-electron chi connectivity index (χ0n) is 9.99. The number of benzene rings is 1. The van der Waals surface area contributed by atoms with Crippen molar-refractivity contribution in [3.05, 3.63) is 34.4 Å². The number of rotatable bonds is 2. The van der Waals surface area contributed by atoms with Gasteiger partial charge in [-0.1, -0.05) is 0 Å². The molecule has 1 aromatic heterocycles. The van der Waals surface area contributed by atoms with Crippen LogP contribution in [0.5, 0.6) is 0 Å². The monoisotopic (exact) mass is 251 g/mol. The standard InChI is InChI=1S/C12H14FN3S/c1-7(2)16-11(14-15-12(16)17)10-5-4-9(13)6-8(10)3/h4-7H,1-3H3,(H,15,17). The molecule has 0 atom stereocenters. The second-order valence-electron chi connectivity index (χ2n) is 4.28. The van der Waals surface area contributed by atoms with Crippen LogP contribution in [0.3, 0.4) is 0 Å². The molecule has 0 aliphatic carbocycles. The Morgan fingerprint density at radius 1 is 1.41 bits per heavy atom. The molecule has 0 amide bonds. The minimum Gasteiger partial charge on any atom is -0.298 e. The van der Waals surface area contributed by atoms with E-state index in [1.165, 1.54) is 12.1 Å². The predicted octanol–water partition coefficient (Wildman–Crippen LogP) is 3.64. The molecule has 90 valence electrons. The van der Waals surface area contributed by atoms with Crippen molar-refractivity contribution in [1.82, 2.24) is 14.8 Å². The van der Waals surface area contributed by atoms with E-state index in [-0.39, 0.29) is 11.9 Å². The first-order valence-electron chi connectivity index (χ1n) is 5.44. The normalized spacial score (nSPS) is 11.1. The Balaban J connectivity index is 2.65. The number of aryl methyl sites for hydroxylation is 1. The molecule has 1 aromatic carbocycles. The summed E-state index contributed by atoms with van der Waals surface area (Å²) in [4.78, 5) is 0. The fraction of sp³-hybridized carbons (Fsp3) is 0.333. The van der Waals surface area contributed by atoms with E-state index in [0.717, 1.165) is 17.0 Å². The van der Waals surface area contributed by atoms with Crippen molar-refractivity contribution in [2.75, 3.05) is 0 Å². The Morgan fingerprint density at radius 3 is 2.71 bits per heavy atom. The van der Waals surface area contributed by atoms with Crippen molar-refractivity contribution < 1.29 is 4.39 Å². The SMILES string of the molecule is Cc1cc(F)ccc1-c1n[nH]c(=S)n1C(C)C. The second kappa shape index (κ2) is 4.41. The van der Waals surface area contributed by atoms with E-state index >= 15 is 0 Å². The summed E-state index contributed by atoms with van der Waals surface area (Å²) in [6.07, 6.45) is 0. The number of aromatic nitrogens is 3. The lowest BCUT2D eigenvalue weighted by atomic mass is 10.1. The quantitative estimate of drug-likeness (QED) is 0.827. The van der Waals surface area contributed by atoms with E-state index in [1.807, 2.05) is 25.3 Å². The van der Waals surface area contributed by atoms with Gasteiger partial charge in [0.25, 0.3) is 0 Å². The Bertz CT molecular complexity index is 598. The van der Waals surface area contributed by atoms with Crippen molar-refractivity contribution in [1.29, 1.82) is 0 Å². The third kappa shape index (κ3) is 2.15. The number of hydrogen-bond acceptors (Lipinski definition) is 2. The van der Waals surface area contributed by atoms with Gasteiger partial charge in [0.1, 0.15) is 5.82 Å². The van der Waals surface area contributed by atoms with Crippen LogP contribution < -0.4 is 0 Å². The lowest BCUT2D eigenvalue weighted by molar-refractivity contribution is 0.596. The summed E-state index contributed by atoms with van der Waals surface area (Å²) in [5.74, 6) is 0.513. The second-order valence-corrected chi connectivity index (χ2v) is 4.66. The first kappa shape index (κ1) is 12.0. The van der Waals surface area contributed by atoms with Crippen molar-refractivity contribution in [3.63, 3.8) is 0 Å². The van der Waals surface area contributed by atoms with E-state index < -0.39 is 0 Å². The lowest BCUT2D eigenvalue weighted by Crippen LogP contribution is -2.04. The highest BCUT2D eigenvalue weighted by Gasteiger charge is 2.13. The van der Waals surface area contributed by atoms with Crippen LogP contribution in [0.4, 0.5) is 4.39 Å². The molecule has 0 aliphatic rings. The molecule has 1 heterocycles. The average molecular weight is 251 g/mol. The van der Waals surface area contributed by atoms with Crippen LogP contribution >= 0.6 is 12.2 Å². The van der Waals surface area contributed by atoms with Crippen LogP contribution in [0.2, 0.25) is 0 Å². The Morgan fingerprint density at radius 2 is 2.12 bits per heavy atom. The van der Waals surface area contributed by atoms with E-state index in [0.29, 0.717) is 4.77 Å². The van der Waals surface area contributed by atoms with Gasteiger partial charge in [0.05, 0.1) is 0 Å². The van der Waals surface area contributed by atoms with E-state index in [9.17, 15) is 4.39 Å². The summed E-state index contributed by atoms with van der Waals surface area (Å²) in [5.41, 5.74) is 1.74. The van der Waals surface area contributed by atoms with Crippen LogP contribution in [0.15, 0.2) is 18.2 Å². The molecule has 0 saturated heterocycles. The highest BCUT2D eigenvalue weighted by molar-refractivity contribution is 7.71. The van der Waals surface area contributed by atoms with Gasteiger partial charge >= 0.3 is 0 Å². The van der Waals surface area contributed by atoms with Crippen LogP contribution in [0, 0.1) is 17.5 Å². The summed E-state index contributed by atoms with van der Waals surface area (Å²) < 4.78 is 15.6. The number of nitrogens with one attached hydrogen (secondary N) is 1. The largest absolute Gasteiger partial charge is 0.298 e. The van der Waals surface area contributed by atoms with E-state index in [4.69, 9.17) is 12.2 Å². The van der Waals surface area contributed by atoms with E-state index in [2.05, 4.69) is 10.2 Å². The molecular formula is C12H14FN3S. The lowest BCUT2D eigenvalue weighted by Gasteiger charge is -2.11. The molecule has 2 aromatic rings. The minimum atomic E-state index is -0.239. The fourth-order valence-corrected chi connectivity index (χ4v) is 2.19. The van der Waals surface area contributed by atoms with E-state index in [1.54, 1.807) is 6.07 Å². The predicted molar refractivity (Wildman–Crippen MR) is 67.9 cm³/mol. The summed E-state index contributed by atoms with van der Waals surface area (Å²) in [6, 6.07) is 4.87. The molecule has 5 heteroatoms. The first-order chi connectivity index (χ1) is 8.00. The molecule has 17 heavy (non-hydrogen) atoms. The topological polar surface area (TPSA) is 33.6 Å². The molecule has 3 nitrogen and oxygen atoms in total. The molecule has 2 rings (SSSR count). The number of nitrogens with zero attached hydrogens (tertiary/aromatic N) is 2. The van der Waals surface area contributed by atoms with Gasteiger partial charge in [0.15, 0.2) is 10.6 Å². The minimum absolute atomic E-state index is 0.209. The van der Waals surface area contributed by atoms with Gasteiger partial charge in [-0.2, -0.15) is 5.10 Å². The highest BCUT2D eigenvalue weighted by atomic mass is 32.1. The average Bonchev–Trinajstić information content (AvgIpc) is 2.60. The molecular weight excluding hydrogens is 237 g/mol. The fourth-order valence-electron chi connectivity index (χ4n) is 1.85. The van der Waals surface area contributed by atoms with Crippen LogP contribution in [-0.2, 0) is 0 Å². The zero-order chi connectivity index (χ0) is 12.6. The van der Waals surface area contributed by atoms with Crippen LogP contribution in [0.25, 0.3) is 11.4 Å². The Labute approximate surface area is 104 Å². The van der Waals surface area contributed by atoms with Crippen LogP contribution in [-0.4, -0.2) is 14.8 Å². The van der Waals surface area contributed by atoms with Crippen molar-refractivity contribution in [2.24, 2.45) is 0 Å². The summed E-state index contributed by atoms with van der Waals surface area (Å²) >= 11 is 5.19. The number of halogens is 1.